The van der Waals surface area contributed by atoms with Gasteiger partial charge in [0.1, 0.15) is 5.65 Å². The Morgan fingerprint density at radius 3 is 2.37 bits per heavy atom. The molecule has 2 aliphatic rings. The van der Waals surface area contributed by atoms with Crippen LogP contribution in [0.25, 0.3) is 11.0 Å². The van der Waals surface area contributed by atoms with Crippen LogP contribution in [-0.2, 0) is 0 Å². The molecule has 0 bridgehead atoms. The predicted octanol–water partition coefficient (Wildman–Crippen LogP) is 5.03. The summed E-state index contributed by atoms with van der Waals surface area (Å²) in [4.78, 5) is 24.3. The summed E-state index contributed by atoms with van der Waals surface area (Å²) >= 11 is 0. The van der Waals surface area contributed by atoms with Gasteiger partial charge in [-0.1, -0.05) is 19.3 Å². The van der Waals surface area contributed by atoms with Crippen LogP contribution in [0.3, 0.4) is 0 Å². The summed E-state index contributed by atoms with van der Waals surface area (Å²) in [5, 5.41) is 4.23. The lowest BCUT2D eigenvalue weighted by Gasteiger charge is -2.28. The van der Waals surface area contributed by atoms with Crippen molar-refractivity contribution in [2.24, 2.45) is 0 Å². The first-order valence-electron chi connectivity index (χ1n) is 11.3. The molecule has 6 heteroatoms. The van der Waals surface area contributed by atoms with E-state index in [1.54, 1.807) is 6.07 Å². The topological polar surface area (TPSA) is 63.1 Å². The van der Waals surface area contributed by atoms with E-state index in [4.69, 9.17) is 4.98 Å². The molecule has 5 rings (SSSR count). The van der Waals surface area contributed by atoms with Crippen molar-refractivity contribution in [2.75, 3.05) is 23.3 Å². The van der Waals surface area contributed by atoms with E-state index < -0.39 is 0 Å². The van der Waals surface area contributed by atoms with Gasteiger partial charge in [-0.25, -0.2) is 4.98 Å². The maximum Gasteiger partial charge on any atom is 0.252 e. The van der Waals surface area contributed by atoms with Crippen LogP contribution in [0.15, 0.2) is 47.4 Å². The number of hydrogen-bond donors (Lipinski definition) is 1. The number of anilines is 3. The zero-order valence-corrected chi connectivity index (χ0v) is 17.4. The fourth-order valence-corrected chi connectivity index (χ4v) is 4.83. The molecular weight excluding hydrogens is 374 g/mol. The average molecular weight is 404 g/mol. The molecule has 0 radical (unpaired) electrons. The van der Waals surface area contributed by atoms with Gasteiger partial charge in [0.05, 0.1) is 0 Å². The van der Waals surface area contributed by atoms with E-state index in [1.165, 1.54) is 44.2 Å². The second-order valence-electron chi connectivity index (χ2n) is 8.53. The minimum absolute atomic E-state index is 0.0323. The van der Waals surface area contributed by atoms with Gasteiger partial charge in [0.15, 0.2) is 0 Å². The fraction of sp³-hybridized carbons (Fsp3) is 0.458. The molecule has 156 valence electrons. The molecule has 2 fully saturated rings. The van der Waals surface area contributed by atoms with Crippen molar-refractivity contribution in [1.29, 1.82) is 0 Å². The first kappa shape index (κ1) is 19.1. The van der Waals surface area contributed by atoms with Crippen molar-refractivity contribution in [1.82, 2.24) is 14.5 Å². The molecule has 2 aromatic heterocycles. The molecule has 1 saturated carbocycles. The van der Waals surface area contributed by atoms with E-state index in [9.17, 15) is 4.79 Å². The summed E-state index contributed by atoms with van der Waals surface area (Å²) < 4.78 is 1.89. The molecule has 6 nitrogen and oxygen atoms in total. The van der Waals surface area contributed by atoms with Crippen LogP contribution in [-0.4, -0.2) is 27.6 Å². The van der Waals surface area contributed by atoms with Crippen molar-refractivity contribution >= 4 is 28.4 Å². The zero-order valence-electron chi connectivity index (χ0n) is 17.4. The highest BCUT2D eigenvalue weighted by molar-refractivity contribution is 5.76. The quantitative estimate of drug-likeness (QED) is 0.662. The lowest BCUT2D eigenvalue weighted by molar-refractivity contribution is 0.353. The fourth-order valence-electron chi connectivity index (χ4n) is 4.83. The van der Waals surface area contributed by atoms with Crippen molar-refractivity contribution in [2.45, 2.75) is 57.4 Å². The first-order valence-corrected chi connectivity index (χ1v) is 11.3. The highest BCUT2D eigenvalue weighted by Crippen LogP contribution is 2.29. The summed E-state index contributed by atoms with van der Waals surface area (Å²) in [5.74, 6) is 0.531. The maximum absolute atomic E-state index is 12.7. The Balaban J connectivity index is 1.41. The Labute approximate surface area is 177 Å². The van der Waals surface area contributed by atoms with Gasteiger partial charge in [0, 0.05) is 48.2 Å². The van der Waals surface area contributed by atoms with Crippen LogP contribution < -0.4 is 15.8 Å². The largest absolute Gasteiger partial charge is 0.372 e. The molecule has 1 aliphatic carbocycles. The normalized spacial score (nSPS) is 17.9. The minimum Gasteiger partial charge on any atom is -0.372 e. The Morgan fingerprint density at radius 1 is 0.867 bits per heavy atom. The minimum atomic E-state index is 0.0323. The molecule has 1 aliphatic heterocycles. The number of hydrogen-bond acceptors (Lipinski definition) is 5. The Bertz CT molecular complexity index is 1060. The Kier molecular flexibility index (Phi) is 5.39. The number of piperidine rings is 1. The third-order valence-electron chi connectivity index (χ3n) is 6.45. The monoisotopic (exact) mass is 403 g/mol. The van der Waals surface area contributed by atoms with Gasteiger partial charge in [0.2, 0.25) is 5.95 Å². The van der Waals surface area contributed by atoms with Crippen LogP contribution in [0.5, 0.6) is 0 Å². The van der Waals surface area contributed by atoms with Gasteiger partial charge in [-0.3, -0.25) is 9.36 Å². The second-order valence-corrected chi connectivity index (χ2v) is 8.53. The Morgan fingerprint density at radius 2 is 1.60 bits per heavy atom. The van der Waals surface area contributed by atoms with Crippen LogP contribution in [0, 0.1) is 0 Å². The Hall–Kier alpha value is -2.89. The molecule has 30 heavy (non-hydrogen) atoms. The average Bonchev–Trinajstić information content (AvgIpc) is 2.80. The van der Waals surface area contributed by atoms with Gasteiger partial charge in [-0.05, 0) is 62.4 Å². The van der Waals surface area contributed by atoms with E-state index in [2.05, 4.69) is 39.5 Å². The third kappa shape index (κ3) is 3.91. The summed E-state index contributed by atoms with van der Waals surface area (Å²) in [5.41, 5.74) is 2.99. The number of rotatable bonds is 4. The molecule has 0 spiro atoms. The van der Waals surface area contributed by atoms with Crippen LogP contribution in [0.1, 0.15) is 57.4 Å². The van der Waals surface area contributed by atoms with Crippen molar-refractivity contribution in [3.63, 3.8) is 0 Å². The van der Waals surface area contributed by atoms with Crippen LogP contribution in [0.2, 0.25) is 0 Å². The molecule has 3 heterocycles. The molecule has 0 unspecified atom stereocenters. The molecule has 1 N–H and O–H groups in total. The number of benzene rings is 1. The van der Waals surface area contributed by atoms with Gasteiger partial charge in [-0.2, -0.15) is 4.98 Å². The van der Waals surface area contributed by atoms with E-state index in [-0.39, 0.29) is 11.6 Å². The lowest BCUT2D eigenvalue weighted by Crippen LogP contribution is -2.29. The highest BCUT2D eigenvalue weighted by atomic mass is 16.1. The first-order chi connectivity index (χ1) is 14.8. The predicted molar refractivity (Wildman–Crippen MR) is 122 cm³/mol. The number of nitrogens with zero attached hydrogens (tertiary/aromatic N) is 4. The summed E-state index contributed by atoms with van der Waals surface area (Å²) in [7, 11) is 0. The van der Waals surface area contributed by atoms with Crippen molar-refractivity contribution in [3.8, 4) is 0 Å². The standard InChI is InChI=1S/C24H29N5O/c30-22-14-9-18-17-25-24(27-23(18)29(22)21-7-3-1-4-8-21)26-19-10-12-20(13-11-19)28-15-5-2-6-16-28/h9-14,17,21H,1-8,15-16H2,(H,25,26,27). The van der Waals surface area contributed by atoms with Gasteiger partial charge >= 0.3 is 0 Å². The zero-order chi connectivity index (χ0) is 20.3. The van der Waals surface area contributed by atoms with Gasteiger partial charge in [-0.15, -0.1) is 0 Å². The van der Waals surface area contributed by atoms with Crippen LogP contribution >= 0.6 is 0 Å². The summed E-state index contributed by atoms with van der Waals surface area (Å²) in [6, 6.07) is 12.2. The molecular formula is C24H29N5O. The van der Waals surface area contributed by atoms with Crippen molar-refractivity contribution in [3.05, 3.63) is 52.9 Å². The maximum atomic E-state index is 12.7. The van der Waals surface area contributed by atoms with Gasteiger partial charge < -0.3 is 10.2 Å². The number of fused-ring (bicyclic) bond motifs is 1. The number of aromatic nitrogens is 3. The molecule has 3 aromatic rings. The molecule has 0 amide bonds. The van der Waals surface area contributed by atoms with E-state index in [1.807, 2.05) is 16.8 Å². The highest BCUT2D eigenvalue weighted by Gasteiger charge is 2.19. The summed E-state index contributed by atoms with van der Waals surface area (Å²) in [6.07, 6.45) is 11.4. The smallest absolute Gasteiger partial charge is 0.252 e. The van der Waals surface area contributed by atoms with Gasteiger partial charge in [0.25, 0.3) is 5.56 Å². The van der Waals surface area contributed by atoms with E-state index in [0.29, 0.717) is 5.95 Å². The lowest BCUT2D eigenvalue weighted by atomic mass is 9.95. The third-order valence-corrected chi connectivity index (χ3v) is 6.45. The molecule has 1 saturated heterocycles. The molecule has 0 atom stereocenters. The number of nitrogens with one attached hydrogen (secondary N) is 1. The SMILES string of the molecule is O=c1ccc2cnc(Nc3ccc(N4CCCCC4)cc3)nc2n1C1CCCCC1. The molecule has 1 aromatic carbocycles. The van der Waals surface area contributed by atoms with Crippen LogP contribution in [0.4, 0.5) is 17.3 Å². The summed E-state index contributed by atoms with van der Waals surface area (Å²) in [6.45, 7) is 2.28. The second kappa shape index (κ2) is 8.46. The van der Waals surface area contributed by atoms with E-state index >= 15 is 0 Å². The van der Waals surface area contributed by atoms with Crippen molar-refractivity contribution < 1.29 is 0 Å². The number of pyridine rings is 1. The van der Waals surface area contributed by atoms with E-state index in [0.717, 1.165) is 42.7 Å².